The number of thioether (sulfide) groups is 1. The van der Waals surface area contributed by atoms with E-state index in [0.29, 0.717) is 6.54 Å². The molecule has 5 heteroatoms. The summed E-state index contributed by atoms with van der Waals surface area (Å²) in [6.45, 7) is 4.43. The number of thiazole rings is 1. The van der Waals surface area contributed by atoms with Crippen molar-refractivity contribution in [2.45, 2.75) is 30.0 Å². The summed E-state index contributed by atoms with van der Waals surface area (Å²) in [5.41, 5.74) is 2.11. The highest BCUT2D eigenvalue weighted by Crippen LogP contribution is 2.26. The molecular weight excluding hydrogens is 276 g/mol. The van der Waals surface area contributed by atoms with Crippen molar-refractivity contribution in [3.8, 4) is 0 Å². The van der Waals surface area contributed by atoms with E-state index in [9.17, 15) is 4.79 Å². The Bertz CT molecular complexity index is 539. The molecule has 100 valence electrons. The van der Waals surface area contributed by atoms with Gasteiger partial charge in [-0.2, -0.15) is 0 Å². The minimum atomic E-state index is -0.130. The molecule has 2 rings (SSSR count). The Balaban J connectivity index is 1.82. The molecule has 19 heavy (non-hydrogen) atoms. The first-order chi connectivity index (χ1) is 9.15. The van der Waals surface area contributed by atoms with Crippen LogP contribution in [0.1, 0.15) is 18.2 Å². The van der Waals surface area contributed by atoms with Gasteiger partial charge in [0.2, 0.25) is 5.91 Å². The SMILES string of the molecule is Cc1csc(SC(C)C(=O)NCc2ccccc2)n1. The lowest BCUT2D eigenvalue weighted by Crippen LogP contribution is -2.30. The van der Waals surface area contributed by atoms with Crippen molar-refractivity contribution < 1.29 is 4.79 Å². The van der Waals surface area contributed by atoms with E-state index < -0.39 is 0 Å². The van der Waals surface area contributed by atoms with Gasteiger partial charge in [0.1, 0.15) is 0 Å². The lowest BCUT2D eigenvalue weighted by Gasteiger charge is -2.10. The summed E-state index contributed by atoms with van der Waals surface area (Å²) in [4.78, 5) is 16.3. The molecule has 1 amide bonds. The van der Waals surface area contributed by atoms with E-state index in [1.54, 1.807) is 11.3 Å². The Morgan fingerprint density at radius 3 is 2.79 bits per heavy atom. The number of nitrogens with one attached hydrogen (secondary N) is 1. The summed E-state index contributed by atoms with van der Waals surface area (Å²) in [7, 11) is 0. The number of benzene rings is 1. The van der Waals surface area contributed by atoms with E-state index in [2.05, 4.69) is 10.3 Å². The molecule has 0 saturated carbocycles. The van der Waals surface area contributed by atoms with Gasteiger partial charge in [0.05, 0.1) is 5.25 Å². The number of hydrogen-bond donors (Lipinski definition) is 1. The predicted molar refractivity (Wildman–Crippen MR) is 80.5 cm³/mol. The maximum atomic E-state index is 12.0. The molecule has 3 nitrogen and oxygen atoms in total. The highest BCUT2D eigenvalue weighted by atomic mass is 32.2. The number of carbonyl (C=O) groups is 1. The highest BCUT2D eigenvalue weighted by Gasteiger charge is 2.15. The molecule has 0 radical (unpaired) electrons. The van der Waals surface area contributed by atoms with Crippen LogP contribution >= 0.6 is 23.1 Å². The van der Waals surface area contributed by atoms with E-state index in [1.165, 1.54) is 11.8 Å². The van der Waals surface area contributed by atoms with Gasteiger partial charge in [-0.1, -0.05) is 42.1 Å². The number of hydrogen-bond acceptors (Lipinski definition) is 4. The minimum Gasteiger partial charge on any atom is -0.351 e. The van der Waals surface area contributed by atoms with E-state index in [1.807, 2.05) is 49.6 Å². The second-order valence-corrected chi connectivity index (χ2v) is 6.66. The van der Waals surface area contributed by atoms with Crippen LogP contribution in [0.5, 0.6) is 0 Å². The summed E-state index contributed by atoms with van der Waals surface area (Å²) in [5.74, 6) is 0.0432. The predicted octanol–water partition coefficient (Wildman–Crippen LogP) is 3.25. The van der Waals surface area contributed by atoms with Crippen molar-refractivity contribution in [3.63, 3.8) is 0 Å². The third-order valence-electron chi connectivity index (χ3n) is 2.55. The highest BCUT2D eigenvalue weighted by molar-refractivity contribution is 8.02. The third-order valence-corrected chi connectivity index (χ3v) is 4.74. The molecule has 0 aliphatic rings. The lowest BCUT2D eigenvalue weighted by molar-refractivity contribution is -0.120. The van der Waals surface area contributed by atoms with Gasteiger partial charge in [0, 0.05) is 17.6 Å². The fourth-order valence-electron chi connectivity index (χ4n) is 1.52. The van der Waals surface area contributed by atoms with Gasteiger partial charge in [-0.05, 0) is 19.4 Å². The van der Waals surface area contributed by atoms with Crippen LogP contribution in [0, 0.1) is 6.92 Å². The average Bonchev–Trinajstić information content (AvgIpc) is 2.82. The standard InChI is InChI=1S/C14H16N2OS2/c1-10-9-18-14(16-10)19-11(2)13(17)15-8-12-6-4-3-5-7-12/h3-7,9,11H,8H2,1-2H3,(H,15,17). The first kappa shape index (κ1) is 14.1. The number of aromatic nitrogens is 1. The Morgan fingerprint density at radius 1 is 1.42 bits per heavy atom. The molecule has 0 saturated heterocycles. The normalized spacial score (nSPS) is 12.1. The quantitative estimate of drug-likeness (QED) is 0.860. The molecular formula is C14H16N2OS2. The number of amides is 1. The van der Waals surface area contributed by atoms with E-state index >= 15 is 0 Å². The van der Waals surface area contributed by atoms with Crippen molar-refractivity contribution in [3.05, 3.63) is 47.0 Å². The van der Waals surface area contributed by atoms with Crippen LogP contribution in [0.3, 0.4) is 0 Å². The van der Waals surface area contributed by atoms with Crippen LogP contribution in [-0.2, 0) is 11.3 Å². The van der Waals surface area contributed by atoms with Crippen molar-refractivity contribution in [1.82, 2.24) is 10.3 Å². The summed E-state index contributed by atoms with van der Waals surface area (Å²) < 4.78 is 0.944. The molecule has 0 aliphatic heterocycles. The Morgan fingerprint density at radius 2 is 2.16 bits per heavy atom. The molecule has 2 aromatic rings. The van der Waals surface area contributed by atoms with E-state index in [-0.39, 0.29) is 11.2 Å². The molecule has 1 atom stereocenters. The number of aryl methyl sites for hydroxylation is 1. The van der Waals surface area contributed by atoms with Gasteiger partial charge in [0.25, 0.3) is 0 Å². The second-order valence-electron chi connectivity index (χ2n) is 4.22. The zero-order valence-corrected chi connectivity index (χ0v) is 12.6. The van der Waals surface area contributed by atoms with Gasteiger partial charge < -0.3 is 5.32 Å². The van der Waals surface area contributed by atoms with Gasteiger partial charge in [0.15, 0.2) is 4.34 Å². The maximum absolute atomic E-state index is 12.0. The lowest BCUT2D eigenvalue weighted by atomic mass is 10.2. The molecule has 1 unspecified atom stereocenters. The second kappa shape index (κ2) is 6.73. The number of nitrogens with zero attached hydrogens (tertiary/aromatic N) is 1. The zero-order valence-electron chi connectivity index (χ0n) is 10.9. The smallest absolute Gasteiger partial charge is 0.233 e. The summed E-state index contributed by atoms with van der Waals surface area (Å²) in [5, 5.41) is 4.81. The summed E-state index contributed by atoms with van der Waals surface area (Å²) in [6, 6.07) is 9.91. The van der Waals surface area contributed by atoms with Crippen LogP contribution in [0.25, 0.3) is 0 Å². The minimum absolute atomic E-state index is 0.0432. The summed E-state index contributed by atoms with van der Waals surface area (Å²) >= 11 is 3.08. The van der Waals surface area contributed by atoms with Gasteiger partial charge in [-0.25, -0.2) is 4.98 Å². The fourth-order valence-corrected chi connectivity index (χ4v) is 3.53. The number of carbonyl (C=O) groups excluding carboxylic acids is 1. The number of rotatable bonds is 5. The first-order valence-corrected chi connectivity index (χ1v) is 7.81. The third kappa shape index (κ3) is 4.36. The Labute approximate surface area is 121 Å². The van der Waals surface area contributed by atoms with Crippen molar-refractivity contribution in [2.75, 3.05) is 0 Å². The molecule has 0 aliphatic carbocycles. The monoisotopic (exact) mass is 292 g/mol. The molecule has 1 aromatic carbocycles. The fraction of sp³-hybridized carbons (Fsp3) is 0.286. The molecule has 1 N–H and O–H groups in total. The Hall–Kier alpha value is -1.33. The van der Waals surface area contributed by atoms with Crippen LogP contribution in [-0.4, -0.2) is 16.1 Å². The van der Waals surface area contributed by atoms with Crippen LogP contribution in [0.4, 0.5) is 0 Å². The van der Waals surface area contributed by atoms with Gasteiger partial charge in [-0.3, -0.25) is 4.79 Å². The van der Waals surface area contributed by atoms with Crippen LogP contribution in [0.15, 0.2) is 40.1 Å². The molecule has 1 heterocycles. The van der Waals surface area contributed by atoms with Crippen molar-refractivity contribution in [2.24, 2.45) is 0 Å². The molecule has 0 spiro atoms. The average molecular weight is 292 g/mol. The van der Waals surface area contributed by atoms with E-state index in [4.69, 9.17) is 0 Å². The molecule has 1 aromatic heterocycles. The topological polar surface area (TPSA) is 42.0 Å². The van der Waals surface area contributed by atoms with Crippen molar-refractivity contribution in [1.29, 1.82) is 0 Å². The molecule has 0 fully saturated rings. The van der Waals surface area contributed by atoms with Gasteiger partial charge >= 0.3 is 0 Å². The summed E-state index contributed by atoms with van der Waals surface area (Å²) in [6.07, 6.45) is 0. The zero-order chi connectivity index (χ0) is 13.7. The van der Waals surface area contributed by atoms with Crippen LogP contribution < -0.4 is 5.32 Å². The van der Waals surface area contributed by atoms with Crippen molar-refractivity contribution >= 4 is 29.0 Å². The maximum Gasteiger partial charge on any atom is 0.233 e. The largest absolute Gasteiger partial charge is 0.351 e. The Kier molecular flexibility index (Phi) is 4.99. The van der Waals surface area contributed by atoms with Crippen LogP contribution in [0.2, 0.25) is 0 Å². The van der Waals surface area contributed by atoms with E-state index in [0.717, 1.165) is 15.6 Å². The van der Waals surface area contributed by atoms with Gasteiger partial charge in [-0.15, -0.1) is 11.3 Å². The first-order valence-electron chi connectivity index (χ1n) is 6.05. The molecule has 0 bridgehead atoms.